The van der Waals surface area contributed by atoms with Crippen molar-refractivity contribution in [2.45, 2.75) is 29.8 Å². The number of fused-ring (bicyclic) bond motifs is 6. The van der Waals surface area contributed by atoms with Gasteiger partial charge >= 0.3 is 0 Å². The average molecular weight is 385 g/mol. The summed E-state index contributed by atoms with van der Waals surface area (Å²) in [6.07, 6.45) is 1.66. The van der Waals surface area contributed by atoms with E-state index < -0.39 is 17.2 Å². The highest BCUT2D eigenvalue weighted by atomic mass is 16.2. The molecule has 7 rings (SSSR count). The lowest BCUT2D eigenvalue weighted by molar-refractivity contribution is -0.154. The van der Waals surface area contributed by atoms with Gasteiger partial charge in [-0.2, -0.15) is 0 Å². The van der Waals surface area contributed by atoms with Crippen molar-refractivity contribution in [1.82, 2.24) is 20.1 Å². The van der Waals surface area contributed by atoms with Crippen LogP contribution in [0.15, 0.2) is 54.7 Å². The van der Waals surface area contributed by atoms with Crippen molar-refractivity contribution < 1.29 is 9.59 Å². The van der Waals surface area contributed by atoms with Crippen LogP contribution in [0.5, 0.6) is 0 Å². The number of para-hydroxylation sites is 2. The zero-order valence-corrected chi connectivity index (χ0v) is 15.8. The van der Waals surface area contributed by atoms with Crippen LogP contribution in [0.2, 0.25) is 0 Å². The summed E-state index contributed by atoms with van der Waals surface area (Å²) < 4.78 is 0. The topological polar surface area (TPSA) is 80.5 Å². The minimum atomic E-state index is -1.000. The molecule has 144 valence electrons. The molecule has 4 aliphatic heterocycles. The number of piperazine rings is 1. The Bertz CT molecular complexity index is 1250. The van der Waals surface area contributed by atoms with Crippen LogP contribution in [0.25, 0.3) is 10.9 Å². The van der Waals surface area contributed by atoms with Gasteiger partial charge in [0.15, 0.2) is 11.8 Å². The quantitative estimate of drug-likeness (QED) is 0.594. The number of hydrogen-bond acceptors (Lipinski definition) is 4. The van der Waals surface area contributed by atoms with Crippen LogP contribution < -0.4 is 10.6 Å². The summed E-state index contributed by atoms with van der Waals surface area (Å²) in [5.41, 5.74) is 2.80. The summed E-state index contributed by atoms with van der Waals surface area (Å²) in [7, 11) is 1.71. The summed E-state index contributed by atoms with van der Waals surface area (Å²) in [6.45, 7) is 0. The van der Waals surface area contributed by atoms with E-state index in [2.05, 4.69) is 39.9 Å². The maximum absolute atomic E-state index is 13.3. The number of carbonyl (C=O) groups is 2. The van der Waals surface area contributed by atoms with E-state index in [4.69, 9.17) is 0 Å². The first kappa shape index (κ1) is 15.6. The molecule has 1 unspecified atom stereocenters. The van der Waals surface area contributed by atoms with E-state index in [9.17, 15) is 9.59 Å². The van der Waals surface area contributed by atoms with E-state index >= 15 is 0 Å². The number of amides is 2. The van der Waals surface area contributed by atoms with Crippen LogP contribution in [0.1, 0.15) is 17.5 Å². The van der Waals surface area contributed by atoms with Gasteiger partial charge in [-0.1, -0.05) is 36.4 Å². The standard InChI is InChI=1S/C22H19N5O2/c1-26-17-18(28)27-19-21(11-22(27,25-17)20(26)29,13-7-3-5-9-16(13)24-19)14-10-23-15-8-4-2-6-12(14)15/h2-10,17,19,23-25H,11H2,1H3/t17-,19-,21-,22?/m1/s1. The molecule has 2 amide bonds. The Morgan fingerprint density at radius 2 is 1.83 bits per heavy atom. The van der Waals surface area contributed by atoms with Crippen LogP contribution in [0, 0.1) is 0 Å². The second-order valence-electron chi connectivity index (χ2n) is 8.52. The second-order valence-corrected chi connectivity index (χ2v) is 8.52. The third-order valence-electron chi connectivity index (χ3n) is 7.35. The number of hydrogen-bond donors (Lipinski definition) is 3. The van der Waals surface area contributed by atoms with E-state index in [-0.39, 0.29) is 18.0 Å². The lowest BCUT2D eigenvalue weighted by Gasteiger charge is -2.36. The molecule has 0 saturated carbocycles. The maximum Gasteiger partial charge on any atom is 0.265 e. The molecule has 0 radical (unpaired) electrons. The van der Waals surface area contributed by atoms with E-state index in [0.717, 1.165) is 27.7 Å². The Balaban J connectivity index is 1.55. The maximum atomic E-state index is 13.3. The van der Waals surface area contributed by atoms with Crippen molar-refractivity contribution in [2.75, 3.05) is 12.4 Å². The second kappa shape index (κ2) is 4.63. The van der Waals surface area contributed by atoms with Crippen molar-refractivity contribution in [2.24, 2.45) is 0 Å². The molecule has 5 heterocycles. The molecule has 0 aliphatic carbocycles. The number of carbonyl (C=O) groups excluding carboxylic acids is 2. The number of benzene rings is 2. The van der Waals surface area contributed by atoms with Crippen molar-refractivity contribution in [3.63, 3.8) is 0 Å². The molecule has 7 nitrogen and oxygen atoms in total. The molecular formula is C22H19N5O2. The molecule has 3 aromatic rings. The van der Waals surface area contributed by atoms with E-state index in [1.54, 1.807) is 16.8 Å². The van der Waals surface area contributed by atoms with Crippen LogP contribution >= 0.6 is 0 Å². The fourth-order valence-electron chi connectivity index (χ4n) is 6.20. The van der Waals surface area contributed by atoms with Crippen molar-refractivity contribution in [3.8, 4) is 0 Å². The lowest BCUT2D eigenvalue weighted by Crippen LogP contribution is -2.60. The average Bonchev–Trinajstić information content (AvgIpc) is 3.47. The SMILES string of the molecule is CN1C(=O)C23C[C@]4(c5c[nH]c6ccccc56)c5ccccc5N[C@@H]4N2C(=O)[C@@H]1N3. The minimum absolute atomic E-state index is 0.0324. The van der Waals surface area contributed by atoms with Crippen molar-refractivity contribution in [1.29, 1.82) is 0 Å². The highest BCUT2D eigenvalue weighted by Crippen LogP contribution is 2.61. The van der Waals surface area contributed by atoms with Crippen LogP contribution in [-0.4, -0.2) is 51.6 Å². The predicted octanol–water partition coefficient (Wildman–Crippen LogP) is 1.54. The highest BCUT2D eigenvalue weighted by Gasteiger charge is 2.76. The normalized spacial score (nSPS) is 34.0. The number of nitrogens with zero attached hydrogens (tertiary/aromatic N) is 2. The van der Waals surface area contributed by atoms with E-state index in [0.29, 0.717) is 6.42 Å². The van der Waals surface area contributed by atoms with E-state index in [1.165, 1.54) is 0 Å². The van der Waals surface area contributed by atoms with Gasteiger partial charge in [-0.15, -0.1) is 0 Å². The van der Waals surface area contributed by atoms with Gasteiger partial charge in [0.25, 0.3) is 11.8 Å². The number of nitrogens with one attached hydrogen (secondary N) is 3. The van der Waals surface area contributed by atoms with Gasteiger partial charge in [0.2, 0.25) is 0 Å². The minimum Gasteiger partial charge on any atom is -0.364 e. The molecule has 3 saturated heterocycles. The van der Waals surface area contributed by atoms with Gasteiger partial charge in [-0.3, -0.25) is 19.8 Å². The number of rotatable bonds is 1. The van der Waals surface area contributed by atoms with Gasteiger partial charge in [0.1, 0.15) is 6.17 Å². The molecule has 2 aromatic carbocycles. The molecule has 4 aliphatic rings. The zero-order chi connectivity index (χ0) is 19.5. The molecular weight excluding hydrogens is 366 g/mol. The summed E-state index contributed by atoms with van der Waals surface area (Å²) in [5, 5.41) is 8.06. The van der Waals surface area contributed by atoms with Crippen LogP contribution in [0.3, 0.4) is 0 Å². The third kappa shape index (κ3) is 1.48. The summed E-state index contributed by atoms with van der Waals surface area (Å²) in [5.74, 6) is -0.0749. The van der Waals surface area contributed by atoms with Gasteiger partial charge in [0, 0.05) is 36.3 Å². The van der Waals surface area contributed by atoms with Crippen LogP contribution in [0.4, 0.5) is 5.69 Å². The Kier molecular flexibility index (Phi) is 2.49. The van der Waals surface area contributed by atoms with Crippen molar-refractivity contribution >= 4 is 28.4 Å². The fraction of sp³-hybridized carbons (Fsp3) is 0.273. The lowest BCUT2D eigenvalue weighted by atomic mass is 9.71. The zero-order valence-electron chi connectivity index (χ0n) is 15.8. The Morgan fingerprint density at radius 1 is 1.03 bits per heavy atom. The first-order valence-electron chi connectivity index (χ1n) is 9.89. The summed E-state index contributed by atoms with van der Waals surface area (Å²) in [6, 6.07) is 16.4. The van der Waals surface area contributed by atoms with Gasteiger partial charge in [-0.25, -0.2) is 0 Å². The Labute approximate surface area is 166 Å². The first-order valence-corrected chi connectivity index (χ1v) is 9.89. The molecule has 1 aromatic heterocycles. The largest absolute Gasteiger partial charge is 0.364 e. The molecule has 4 atom stereocenters. The van der Waals surface area contributed by atoms with E-state index in [1.807, 2.05) is 30.5 Å². The molecule has 7 heteroatoms. The Morgan fingerprint density at radius 3 is 2.72 bits per heavy atom. The monoisotopic (exact) mass is 385 g/mol. The molecule has 29 heavy (non-hydrogen) atoms. The highest BCUT2D eigenvalue weighted by molar-refractivity contribution is 6.05. The van der Waals surface area contributed by atoms with Gasteiger partial charge in [0.05, 0.1) is 5.41 Å². The third-order valence-corrected chi connectivity index (χ3v) is 7.35. The number of aromatic amines is 1. The van der Waals surface area contributed by atoms with Gasteiger partial charge in [-0.05, 0) is 23.3 Å². The number of likely N-dealkylation sites (N-methyl/N-ethyl adjacent to an activating group) is 1. The molecule has 3 fully saturated rings. The predicted molar refractivity (Wildman–Crippen MR) is 107 cm³/mol. The summed E-state index contributed by atoms with van der Waals surface area (Å²) in [4.78, 5) is 33.3. The molecule has 2 bridgehead atoms. The number of anilines is 1. The van der Waals surface area contributed by atoms with Gasteiger partial charge < -0.3 is 15.2 Å². The van der Waals surface area contributed by atoms with Crippen LogP contribution in [-0.2, 0) is 15.0 Å². The fourth-order valence-corrected chi connectivity index (χ4v) is 6.20. The number of H-pyrrole nitrogens is 1. The molecule has 3 N–H and O–H groups in total. The van der Waals surface area contributed by atoms with Crippen molar-refractivity contribution in [3.05, 3.63) is 65.9 Å². The first-order chi connectivity index (χ1) is 14.1. The number of aromatic nitrogens is 1. The Hall–Kier alpha value is -3.32. The summed E-state index contributed by atoms with van der Waals surface area (Å²) >= 11 is 0. The molecule has 1 spiro atoms. The smallest absolute Gasteiger partial charge is 0.265 e.